The van der Waals surface area contributed by atoms with Crippen molar-refractivity contribution in [2.45, 2.75) is 26.7 Å². The van der Waals surface area contributed by atoms with Crippen LogP contribution in [0.15, 0.2) is 23.5 Å². The van der Waals surface area contributed by atoms with Crippen LogP contribution in [0.25, 0.3) is 0 Å². The number of amidine groups is 1. The van der Waals surface area contributed by atoms with Crippen molar-refractivity contribution in [2.24, 2.45) is 16.3 Å². The van der Waals surface area contributed by atoms with Crippen LogP contribution < -0.4 is 10.6 Å². The third kappa shape index (κ3) is 2.72. The molecule has 1 saturated heterocycles. The van der Waals surface area contributed by atoms with E-state index in [2.05, 4.69) is 28.9 Å². The monoisotopic (exact) mass is 248 g/mol. The first-order valence-electron chi connectivity index (χ1n) is 6.21. The Balaban J connectivity index is 2.07. The fourth-order valence-corrected chi connectivity index (χ4v) is 2.12. The smallest absolute Gasteiger partial charge is 0.171 e. The molecule has 18 heavy (non-hydrogen) atoms. The van der Waals surface area contributed by atoms with Gasteiger partial charge in [-0.3, -0.25) is 0 Å². The number of aromatic nitrogens is 1. The molecule has 1 aliphatic rings. The molecule has 1 aromatic heterocycles. The van der Waals surface area contributed by atoms with Gasteiger partial charge in [0, 0.05) is 24.8 Å². The van der Waals surface area contributed by atoms with Crippen molar-refractivity contribution < 1.29 is 5.21 Å². The second-order valence-corrected chi connectivity index (χ2v) is 5.54. The lowest BCUT2D eigenvalue weighted by molar-refractivity contribution is 0.279. The van der Waals surface area contributed by atoms with Gasteiger partial charge in [0.1, 0.15) is 5.82 Å². The molecule has 0 aliphatic carbocycles. The van der Waals surface area contributed by atoms with Crippen LogP contribution in [0.5, 0.6) is 0 Å². The summed E-state index contributed by atoms with van der Waals surface area (Å²) in [5, 5.41) is 11.5. The number of pyridine rings is 1. The Hall–Kier alpha value is -1.78. The number of rotatable bonds is 2. The van der Waals surface area contributed by atoms with E-state index < -0.39 is 0 Å². The van der Waals surface area contributed by atoms with E-state index in [-0.39, 0.29) is 5.84 Å². The zero-order chi connectivity index (χ0) is 13.2. The molecule has 2 rings (SSSR count). The fourth-order valence-electron chi connectivity index (χ4n) is 2.12. The van der Waals surface area contributed by atoms with E-state index in [1.165, 1.54) is 12.8 Å². The van der Waals surface area contributed by atoms with Gasteiger partial charge >= 0.3 is 0 Å². The van der Waals surface area contributed by atoms with Crippen LogP contribution in [0.4, 0.5) is 5.82 Å². The second-order valence-electron chi connectivity index (χ2n) is 5.54. The Morgan fingerprint density at radius 3 is 2.56 bits per heavy atom. The fraction of sp³-hybridized carbons (Fsp3) is 0.538. The topological polar surface area (TPSA) is 74.7 Å². The molecule has 98 valence electrons. The summed E-state index contributed by atoms with van der Waals surface area (Å²) in [6.07, 6.45) is 4.00. The van der Waals surface area contributed by atoms with Gasteiger partial charge in [-0.2, -0.15) is 0 Å². The molecule has 3 N–H and O–H groups in total. The van der Waals surface area contributed by atoms with Crippen LogP contribution in [0.1, 0.15) is 32.3 Å². The van der Waals surface area contributed by atoms with E-state index in [0.717, 1.165) is 18.9 Å². The maximum Gasteiger partial charge on any atom is 0.171 e. The molecule has 0 bridgehead atoms. The molecule has 0 radical (unpaired) electrons. The SMILES string of the molecule is CC1(C)CCN(c2ccc(C(N)=NO)cn2)CC1. The van der Waals surface area contributed by atoms with Gasteiger partial charge in [-0.25, -0.2) is 4.98 Å². The van der Waals surface area contributed by atoms with Crippen LogP contribution in [-0.2, 0) is 0 Å². The third-order valence-electron chi connectivity index (χ3n) is 3.59. The van der Waals surface area contributed by atoms with Gasteiger partial charge in [0.25, 0.3) is 0 Å². The Kier molecular flexibility index (Phi) is 3.41. The molecule has 0 saturated carbocycles. The first kappa shape index (κ1) is 12.7. The summed E-state index contributed by atoms with van der Waals surface area (Å²) in [5.74, 6) is 1.05. The van der Waals surface area contributed by atoms with Gasteiger partial charge in [-0.15, -0.1) is 0 Å². The number of piperidine rings is 1. The van der Waals surface area contributed by atoms with Crippen LogP contribution in [0.2, 0.25) is 0 Å². The second kappa shape index (κ2) is 4.84. The summed E-state index contributed by atoms with van der Waals surface area (Å²) < 4.78 is 0. The summed E-state index contributed by atoms with van der Waals surface area (Å²) >= 11 is 0. The zero-order valence-corrected chi connectivity index (χ0v) is 10.9. The number of hydrogen-bond acceptors (Lipinski definition) is 4. The van der Waals surface area contributed by atoms with Crippen LogP contribution in [-0.4, -0.2) is 29.1 Å². The minimum atomic E-state index is 0.0915. The molecular formula is C13H20N4O. The quantitative estimate of drug-likeness (QED) is 0.362. The van der Waals surface area contributed by atoms with Crippen molar-refractivity contribution in [3.63, 3.8) is 0 Å². The van der Waals surface area contributed by atoms with Crippen LogP contribution in [0.3, 0.4) is 0 Å². The first-order valence-corrected chi connectivity index (χ1v) is 6.21. The number of hydrogen-bond donors (Lipinski definition) is 2. The minimum Gasteiger partial charge on any atom is -0.409 e. The van der Waals surface area contributed by atoms with Crippen molar-refractivity contribution >= 4 is 11.7 Å². The van der Waals surface area contributed by atoms with Gasteiger partial charge < -0.3 is 15.8 Å². The summed E-state index contributed by atoms with van der Waals surface area (Å²) in [6, 6.07) is 3.75. The largest absolute Gasteiger partial charge is 0.409 e. The average molecular weight is 248 g/mol. The molecule has 2 heterocycles. The van der Waals surface area contributed by atoms with Crippen molar-refractivity contribution in [3.8, 4) is 0 Å². The molecular weight excluding hydrogens is 228 g/mol. The van der Waals surface area contributed by atoms with E-state index in [9.17, 15) is 0 Å². The molecule has 0 unspecified atom stereocenters. The highest BCUT2D eigenvalue weighted by Gasteiger charge is 2.25. The lowest BCUT2D eigenvalue weighted by atomic mass is 9.83. The normalized spacial score (nSPS) is 19.9. The molecule has 5 heteroatoms. The molecule has 0 aromatic carbocycles. The molecule has 1 fully saturated rings. The van der Waals surface area contributed by atoms with Crippen molar-refractivity contribution in [1.29, 1.82) is 0 Å². The van der Waals surface area contributed by atoms with Crippen molar-refractivity contribution in [3.05, 3.63) is 23.9 Å². The summed E-state index contributed by atoms with van der Waals surface area (Å²) in [4.78, 5) is 6.65. The Labute approximate surface area is 107 Å². The highest BCUT2D eigenvalue weighted by atomic mass is 16.4. The Morgan fingerprint density at radius 1 is 1.39 bits per heavy atom. The van der Waals surface area contributed by atoms with E-state index in [4.69, 9.17) is 10.9 Å². The maximum absolute atomic E-state index is 8.59. The molecule has 0 atom stereocenters. The number of oxime groups is 1. The van der Waals surface area contributed by atoms with Crippen molar-refractivity contribution in [1.82, 2.24) is 4.98 Å². The lowest BCUT2D eigenvalue weighted by Crippen LogP contribution is -2.37. The van der Waals surface area contributed by atoms with Crippen LogP contribution in [0, 0.1) is 5.41 Å². The Bertz CT molecular complexity index is 429. The number of nitrogens with zero attached hydrogens (tertiary/aromatic N) is 3. The highest BCUT2D eigenvalue weighted by molar-refractivity contribution is 5.96. The average Bonchev–Trinajstić information content (AvgIpc) is 2.38. The first-order chi connectivity index (χ1) is 8.52. The maximum atomic E-state index is 8.59. The summed E-state index contributed by atoms with van der Waals surface area (Å²) in [7, 11) is 0. The molecule has 1 aliphatic heterocycles. The summed E-state index contributed by atoms with van der Waals surface area (Å²) in [6.45, 7) is 6.67. The predicted octanol–water partition coefficient (Wildman–Crippen LogP) is 1.80. The predicted molar refractivity (Wildman–Crippen MR) is 72.0 cm³/mol. The van der Waals surface area contributed by atoms with Crippen LogP contribution >= 0.6 is 0 Å². The van der Waals surface area contributed by atoms with Gasteiger partial charge in [-0.05, 0) is 30.4 Å². The van der Waals surface area contributed by atoms with Crippen molar-refractivity contribution in [2.75, 3.05) is 18.0 Å². The van der Waals surface area contributed by atoms with Gasteiger partial charge in [0.15, 0.2) is 5.84 Å². The van der Waals surface area contributed by atoms with E-state index in [1.807, 2.05) is 12.1 Å². The zero-order valence-electron chi connectivity index (χ0n) is 10.9. The number of nitrogens with two attached hydrogens (primary N) is 1. The standard InChI is InChI=1S/C13H20N4O/c1-13(2)5-7-17(8-6-13)11-4-3-10(9-15-11)12(14)16-18/h3-4,9,18H,5-8H2,1-2H3,(H2,14,16). The van der Waals surface area contributed by atoms with E-state index in [1.54, 1.807) is 6.20 Å². The highest BCUT2D eigenvalue weighted by Crippen LogP contribution is 2.31. The minimum absolute atomic E-state index is 0.0915. The third-order valence-corrected chi connectivity index (χ3v) is 3.59. The molecule has 5 nitrogen and oxygen atoms in total. The summed E-state index contributed by atoms with van der Waals surface area (Å²) in [5.41, 5.74) is 6.58. The Morgan fingerprint density at radius 2 is 2.06 bits per heavy atom. The molecule has 0 spiro atoms. The lowest BCUT2D eigenvalue weighted by Gasteiger charge is -2.37. The van der Waals surface area contributed by atoms with Gasteiger partial charge in [0.2, 0.25) is 0 Å². The van der Waals surface area contributed by atoms with Gasteiger partial charge in [-0.1, -0.05) is 19.0 Å². The number of anilines is 1. The van der Waals surface area contributed by atoms with Gasteiger partial charge in [0.05, 0.1) is 0 Å². The molecule has 1 aromatic rings. The van der Waals surface area contributed by atoms with E-state index >= 15 is 0 Å². The van der Waals surface area contributed by atoms with E-state index in [0.29, 0.717) is 11.0 Å². The molecule has 0 amide bonds.